The topological polar surface area (TPSA) is 96.5 Å². The van der Waals surface area contributed by atoms with Gasteiger partial charge in [0, 0.05) is 11.1 Å². The minimum absolute atomic E-state index is 0.0140. The van der Waals surface area contributed by atoms with Crippen LogP contribution in [0.3, 0.4) is 0 Å². The number of allylic oxidation sites excluding steroid dienone is 1. The van der Waals surface area contributed by atoms with Crippen LogP contribution in [0.1, 0.15) is 32.9 Å². The Morgan fingerprint density at radius 2 is 1.84 bits per heavy atom. The number of carbonyl (C=O) groups is 1. The molecule has 0 N–H and O–H groups in total. The van der Waals surface area contributed by atoms with Gasteiger partial charge in [-0.1, -0.05) is 12.1 Å². The van der Waals surface area contributed by atoms with E-state index in [-0.39, 0.29) is 11.5 Å². The summed E-state index contributed by atoms with van der Waals surface area (Å²) < 4.78 is 12.1. The van der Waals surface area contributed by atoms with Crippen LogP contribution < -0.4 is 9.47 Å². The van der Waals surface area contributed by atoms with E-state index in [9.17, 15) is 14.9 Å². The third-order valence-electron chi connectivity index (χ3n) is 4.95. The van der Waals surface area contributed by atoms with Crippen molar-refractivity contribution in [1.82, 2.24) is 9.78 Å². The molecule has 0 radical (unpaired) electrons. The Morgan fingerprint density at radius 3 is 2.42 bits per heavy atom. The molecule has 0 aliphatic heterocycles. The van der Waals surface area contributed by atoms with E-state index < -0.39 is 4.92 Å². The van der Waals surface area contributed by atoms with Crippen LogP contribution in [0.5, 0.6) is 11.5 Å². The van der Waals surface area contributed by atoms with Gasteiger partial charge in [0.05, 0.1) is 25.7 Å². The maximum Gasteiger partial charge on any atom is 0.312 e. The van der Waals surface area contributed by atoms with Crippen LogP contribution in [0.25, 0.3) is 6.08 Å². The summed E-state index contributed by atoms with van der Waals surface area (Å²) in [5, 5.41) is 15.6. The molecule has 3 aromatic rings. The minimum Gasteiger partial charge on any atom is -0.497 e. The lowest BCUT2D eigenvalue weighted by Gasteiger charge is -2.11. The van der Waals surface area contributed by atoms with Crippen molar-refractivity contribution in [2.24, 2.45) is 0 Å². The Balaban J connectivity index is 1.85. The van der Waals surface area contributed by atoms with E-state index in [1.807, 2.05) is 12.1 Å². The fraction of sp³-hybridized carbons (Fsp3) is 0.217. The summed E-state index contributed by atoms with van der Waals surface area (Å²) in [4.78, 5) is 23.3. The molecule has 0 amide bonds. The van der Waals surface area contributed by atoms with Crippen molar-refractivity contribution in [2.75, 3.05) is 14.2 Å². The zero-order valence-corrected chi connectivity index (χ0v) is 17.8. The number of ether oxygens (including phenoxy) is 2. The summed E-state index contributed by atoms with van der Waals surface area (Å²) in [5.74, 6) is 1.19. The van der Waals surface area contributed by atoms with Gasteiger partial charge in [0.25, 0.3) is 0 Å². The molecule has 3 rings (SSSR count). The van der Waals surface area contributed by atoms with Crippen LogP contribution in [0, 0.1) is 24.0 Å². The number of ketones is 1. The van der Waals surface area contributed by atoms with Crippen molar-refractivity contribution in [3.05, 3.63) is 86.7 Å². The molecule has 2 aromatic carbocycles. The van der Waals surface area contributed by atoms with E-state index in [1.165, 1.54) is 6.08 Å². The second-order valence-corrected chi connectivity index (χ2v) is 6.93. The van der Waals surface area contributed by atoms with Crippen LogP contribution >= 0.6 is 0 Å². The van der Waals surface area contributed by atoms with E-state index in [2.05, 4.69) is 5.10 Å². The molecule has 1 heterocycles. The molecule has 0 aliphatic carbocycles. The average Bonchev–Trinajstić information content (AvgIpc) is 3.05. The second kappa shape index (κ2) is 9.25. The number of carbonyl (C=O) groups excluding carboxylic acids is 1. The Kier molecular flexibility index (Phi) is 6.49. The SMILES string of the molecule is COc1ccc(C(=O)/C=C/c2ccc(OC)c(Cn3nc(C)c([N+](=O)[O-])c3C)c2)cc1. The molecule has 0 bridgehead atoms. The lowest BCUT2D eigenvalue weighted by molar-refractivity contribution is -0.386. The Hall–Kier alpha value is -3.94. The maximum atomic E-state index is 12.4. The van der Waals surface area contributed by atoms with Crippen LogP contribution in [-0.2, 0) is 6.54 Å². The first-order valence-corrected chi connectivity index (χ1v) is 9.55. The third-order valence-corrected chi connectivity index (χ3v) is 4.95. The van der Waals surface area contributed by atoms with Crippen molar-refractivity contribution in [1.29, 1.82) is 0 Å². The lowest BCUT2D eigenvalue weighted by Crippen LogP contribution is -2.06. The first-order chi connectivity index (χ1) is 14.8. The number of aryl methyl sites for hydroxylation is 1. The molecule has 8 heteroatoms. The Labute approximate surface area is 179 Å². The molecule has 0 aliphatic rings. The van der Waals surface area contributed by atoms with Gasteiger partial charge in [0.2, 0.25) is 0 Å². The van der Waals surface area contributed by atoms with Crippen LogP contribution in [0.2, 0.25) is 0 Å². The number of benzene rings is 2. The molecule has 0 atom stereocenters. The standard InChI is InChI=1S/C23H23N3O5/c1-15-23(26(28)29)16(2)25(24-15)14-19-13-17(6-12-22(19)31-4)5-11-21(27)18-7-9-20(30-3)10-8-18/h5-13H,14H2,1-4H3/b11-5+. The van der Waals surface area contributed by atoms with Gasteiger partial charge >= 0.3 is 5.69 Å². The summed E-state index contributed by atoms with van der Waals surface area (Å²) in [6.07, 6.45) is 3.22. The number of methoxy groups -OCH3 is 2. The van der Waals surface area contributed by atoms with Crippen molar-refractivity contribution < 1.29 is 19.2 Å². The van der Waals surface area contributed by atoms with Gasteiger partial charge in [-0.25, -0.2) is 0 Å². The Morgan fingerprint density at radius 1 is 1.13 bits per heavy atom. The molecule has 0 fully saturated rings. The largest absolute Gasteiger partial charge is 0.497 e. The molecular weight excluding hydrogens is 398 g/mol. The average molecular weight is 421 g/mol. The lowest BCUT2D eigenvalue weighted by atomic mass is 10.1. The van der Waals surface area contributed by atoms with Gasteiger partial charge in [0.15, 0.2) is 5.78 Å². The number of hydrogen-bond donors (Lipinski definition) is 0. The molecule has 1 aromatic heterocycles. The van der Waals surface area contributed by atoms with Crippen molar-refractivity contribution in [3.63, 3.8) is 0 Å². The van der Waals surface area contributed by atoms with Crippen molar-refractivity contribution in [3.8, 4) is 11.5 Å². The zero-order chi connectivity index (χ0) is 22.5. The summed E-state index contributed by atoms with van der Waals surface area (Å²) in [6.45, 7) is 3.59. The molecule has 0 saturated heterocycles. The van der Waals surface area contributed by atoms with Crippen LogP contribution in [0.4, 0.5) is 5.69 Å². The first kappa shape index (κ1) is 21.8. The number of nitro groups is 1. The normalized spacial score (nSPS) is 11.0. The van der Waals surface area contributed by atoms with Gasteiger partial charge in [-0.3, -0.25) is 19.6 Å². The predicted molar refractivity (Wildman–Crippen MR) is 117 cm³/mol. The van der Waals surface area contributed by atoms with Gasteiger partial charge in [0.1, 0.15) is 22.9 Å². The first-order valence-electron chi connectivity index (χ1n) is 9.55. The van der Waals surface area contributed by atoms with E-state index in [4.69, 9.17) is 9.47 Å². The molecule has 31 heavy (non-hydrogen) atoms. The highest BCUT2D eigenvalue weighted by Gasteiger charge is 2.22. The fourth-order valence-electron chi connectivity index (χ4n) is 3.32. The zero-order valence-electron chi connectivity index (χ0n) is 17.8. The second-order valence-electron chi connectivity index (χ2n) is 6.93. The number of rotatable bonds is 8. The Bertz CT molecular complexity index is 1150. The summed E-state index contributed by atoms with van der Waals surface area (Å²) in [7, 11) is 3.13. The van der Waals surface area contributed by atoms with Gasteiger partial charge in [-0.05, 0) is 61.9 Å². The summed E-state index contributed by atoms with van der Waals surface area (Å²) in [5.41, 5.74) is 3.00. The van der Waals surface area contributed by atoms with Gasteiger partial charge in [-0.2, -0.15) is 5.10 Å². The molecule has 0 spiro atoms. The van der Waals surface area contributed by atoms with Crippen LogP contribution in [-0.4, -0.2) is 34.7 Å². The number of nitrogens with zero attached hydrogens (tertiary/aromatic N) is 3. The maximum absolute atomic E-state index is 12.4. The molecule has 0 unspecified atom stereocenters. The van der Waals surface area contributed by atoms with E-state index in [0.717, 1.165) is 11.1 Å². The van der Waals surface area contributed by atoms with E-state index in [1.54, 1.807) is 69.2 Å². The quantitative estimate of drug-likeness (QED) is 0.232. The van der Waals surface area contributed by atoms with E-state index in [0.29, 0.717) is 35.0 Å². The highest BCUT2D eigenvalue weighted by molar-refractivity contribution is 6.06. The monoisotopic (exact) mass is 421 g/mol. The predicted octanol–water partition coefficient (Wildman–Crippen LogP) is 4.37. The smallest absolute Gasteiger partial charge is 0.312 e. The van der Waals surface area contributed by atoms with Crippen molar-refractivity contribution in [2.45, 2.75) is 20.4 Å². The van der Waals surface area contributed by atoms with E-state index >= 15 is 0 Å². The molecule has 8 nitrogen and oxygen atoms in total. The van der Waals surface area contributed by atoms with Gasteiger partial charge in [-0.15, -0.1) is 0 Å². The highest BCUT2D eigenvalue weighted by Crippen LogP contribution is 2.26. The highest BCUT2D eigenvalue weighted by atomic mass is 16.6. The third kappa shape index (κ3) is 4.80. The molecular formula is C23H23N3O5. The number of aromatic nitrogens is 2. The van der Waals surface area contributed by atoms with Crippen LogP contribution in [0.15, 0.2) is 48.5 Å². The number of hydrogen-bond acceptors (Lipinski definition) is 6. The molecule has 160 valence electrons. The van der Waals surface area contributed by atoms with Crippen molar-refractivity contribution >= 4 is 17.5 Å². The fourth-order valence-corrected chi connectivity index (χ4v) is 3.32. The summed E-state index contributed by atoms with van der Waals surface area (Å²) >= 11 is 0. The van der Waals surface area contributed by atoms with Gasteiger partial charge < -0.3 is 9.47 Å². The minimum atomic E-state index is -0.421. The summed E-state index contributed by atoms with van der Waals surface area (Å²) in [6, 6.07) is 12.4. The molecule has 0 saturated carbocycles.